The van der Waals surface area contributed by atoms with E-state index in [2.05, 4.69) is 5.32 Å². The van der Waals surface area contributed by atoms with Gasteiger partial charge in [-0.25, -0.2) is 0 Å². The quantitative estimate of drug-likeness (QED) is 0.826. The number of rotatable bonds is 5. The molecule has 5 nitrogen and oxygen atoms in total. The lowest BCUT2D eigenvalue weighted by Crippen LogP contribution is -2.13. The highest BCUT2D eigenvalue weighted by Gasteiger charge is 2.05. The number of carbonyl (C=O) groups is 1. The molecule has 1 aromatic heterocycles. The van der Waals surface area contributed by atoms with E-state index in [-0.39, 0.29) is 11.3 Å². The fourth-order valence-electron chi connectivity index (χ4n) is 2.05. The van der Waals surface area contributed by atoms with Gasteiger partial charge in [0.15, 0.2) is 5.43 Å². The summed E-state index contributed by atoms with van der Waals surface area (Å²) in [7, 11) is 0. The number of aryl methyl sites for hydroxylation is 2. The minimum Gasteiger partial charge on any atom is -0.399 e. The maximum absolute atomic E-state index is 11.9. The molecular formula is C16H19N3O2. The van der Waals surface area contributed by atoms with Gasteiger partial charge in [-0.05, 0) is 37.1 Å². The number of nitrogens with zero attached hydrogens (tertiary/aromatic N) is 1. The van der Waals surface area contributed by atoms with Gasteiger partial charge in [-0.3, -0.25) is 9.59 Å². The van der Waals surface area contributed by atoms with Crippen LogP contribution in [0, 0.1) is 6.92 Å². The molecule has 5 heteroatoms. The Morgan fingerprint density at radius 2 is 1.95 bits per heavy atom. The van der Waals surface area contributed by atoms with Crippen LogP contribution in [0.5, 0.6) is 0 Å². The second-order valence-electron chi connectivity index (χ2n) is 5.00. The Bertz CT molecular complexity index is 672. The van der Waals surface area contributed by atoms with Crippen LogP contribution in [-0.2, 0) is 11.3 Å². The van der Waals surface area contributed by atoms with Crippen LogP contribution in [0.25, 0.3) is 0 Å². The van der Waals surface area contributed by atoms with Crippen molar-refractivity contribution in [2.24, 2.45) is 0 Å². The Balaban J connectivity index is 1.82. The molecule has 0 spiro atoms. The van der Waals surface area contributed by atoms with Gasteiger partial charge < -0.3 is 15.6 Å². The first-order valence-electron chi connectivity index (χ1n) is 6.87. The monoisotopic (exact) mass is 285 g/mol. The first-order chi connectivity index (χ1) is 10.0. The molecule has 0 fully saturated rings. The summed E-state index contributed by atoms with van der Waals surface area (Å²) in [6, 6.07) is 8.43. The van der Waals surface area contributed by atoms with E-state index in [4.69, 9.17) is 5.73 Å². The molecule has 0 bridgehead atoms. The highest BCUT2D eigenvalue weighted by molar-refractivity contribution is 5.91. The van der Waals surface area contributed by atoms with Crippen molar-refractivity contribution in [3.05, 3.63) is 58.5 Å². The van der Waals surface area contributed by atoms with Crippen LogP contribution < -0.4 is 16.5 Å². The number of benzene rings is 1. The predicted octanol–water partition coefficient (Wildman–Crippen LogP) is 2.16. The number of hydrogen-bond donors (Lipinski definition) is 2. The molecule has 0 saturated heterocycles. The van der Waals surface area contributed by atoms with Crippen molar-refractivity contribution < 1.29 is 4.79 Å². The molecule has 1 heterocycles. The molecule has 0 aliphatic rings. The Labute approximate surface area is 123 Å². The highest BCUT2D eigenvalue weighted by atomic mass is 16.1. The Morgan fingerprint density at radius 3 is 2.62 bits per heavy atom. The molecule has 1 aromatic carbocycles. The molecule has 0 atom stereocenters. The van der Waals surface area contributed by atoms with Gasteiger partial charge in [-0.15, -0.1) is 0 Å². The van der Waals surface area contributed by atoms with E-state index in [1.54, 1.807) is 18.5 Å². The molecule has 2 aromatic rings. The number of nitrogen functional groups attached to an aromatic ring is 1. The van der Waals surface area contributed by atoms with Crippen LogP contribution in [0.4, 0.5) is 11.4 Å². The largest absolute Gasteiger partial charge is 0.399 e. The van der Waals surface area contributed by atoms with Gasteiger partial charge in [0.25, 0.3) is 0 Å². The van der Waals surface area contributed by atoms with Gasteiger partial charge in [0.2, 0.25) is 5.91 Å². The fraction of sp³-hybridized carbons (Fsp3) is 0.250. The van der Waals surface area contributed by atoms with Crippen molar-refractivity contribution in [3.8, 4) is 0 Å². The number of anilines is 2. The van der Waals surface area contributed by atoms with Crippen LogP contribution >= 0.6 is 0 Å². The summed E-state index contributed by atoms with van der Waals surface area (Å²) in [4.78, 5) is 22.9. The molecule has 110 valence electrons. The van der Waals surface area contributed by atoms with Crippen molar-refractivity contribution in [2.75, 3.05) is 11.1 Å². The molecule has 0 saturated carbocycles. The first kappa shape index (κ1) is 14.8. The fourth-order valence-corrected chi connectivity index (χ4v) is 2.05. The van der Waals surface area contributed by atoms with E-state index in [0.29, 0.717) is 25.1 Å². The summed E-state index contributed by atoms with van der Waals surface area (Å²) in [5.41, 5.74) is 8.09. The van der Waals surface area contributed by atoms with E-state index >= 15 is 0 Å². The molecule has 0 radical (unpaired) electrons. The van der Waals surface area contributed by atoms with E-state index < -0.39 is 0 Å². The van der Waals surface area contributed by atoms with Crippen LogP contribution in [-0.4, -0.2) is 10.5 Å². The van der Waals surface area contributed by atoms with Crippen molar-refractivity contribution in [1.82, 2.24) is 4.57 Å². The third kappa shape index (κ3) is 4.49. The third-order valence-electron chi connectivity index (χ3n) is 3.21. The smallest absolute Gasteiger partial charge is 0.224 e. The molecule has 3 N–H and O–H groups in total. The average Bonchev–Trinajstić information content (AvgIpc) is 2.44. The summed E-state index contributed by atoms with van der Waals surface area (Å²) in [5, 5.41) is 2.88. The zero-order chi connectivity index (χ0) is 15.2. The SMILES string of the molecule is Cc1cc(N)ccc1NC(=O)CCCn1ccc(=O)cc1. The number of aromatic nitrogens is 1. The second-order valence-corrected chi connectivity index (χ2v) is 5.00. The minimum absolute atomic E-state index is 0.0113. The Kier molecular flexibility index (Phi) is 4.77. The van der Waals surface area contributed by atoms with Gasteiger partial charge in [0.05, 0.1) is 0 Å². The van der Waals surface area contributed by atoms with E-state index in [9.17, 15) is 9.59 Å². The van der Waals surface area contributed by atoms with Crippen molar-refractivity contribution in [3.63, 3.8) is 0 Å². The third-order valence-corrected chi connectivity index (χ3v) is 3.21. The number of pyridine rings is 1. The van der Waals surface area contributed by atoms with E-state index in [1.807, 2.05) is 23.6 Å². The van der Waals surface area contributed by atoms with Gasteiger partial charge in [-0.2, -0.15) is 0 Å². The standard InChI is InChI=1S/C16H19N3O2/c1-12-11-13(17)4-5-15(12)18-16(21)3-2-8-19-9-6-14(20)7-10-19/h4-7,9-11H,2-3,8,17H2,1H3,(H,18,21). The van der Waals surface area contributed by atoms with Crippen molar-refractivity contribution in [1.29, 1.82) is 0 Å². The highest BCUT2D eigenvalue weighted by Crippen LogP contribution is 2.17. The maximum Gasteiger partial charge on any atom is 0.224 e. The molecule has 0 aliphatic carbocycles. The number of hydrogen-bond acceptors (Lipinski definition) is 3. The van der Waals surface area contributed by atoms with Crippen LogP contribution in [0.15, 0.2) is 47.5 Å². The number of amides is 1. The van der Waals surface area contributed by atoms with Crippen LogP contribution in [0.1, 0.15) is 18.4 Å². The molecule has 2 rings (SSSR count). The van der Waals surface area contributed by atoms with Crippen molar-refractivity contribution in [2.45, 2.75) is 26.3 Å². The lowest BCUT2D eigenvalue weighted by molar-refractivity contribution is -0.116. The Hall–Kier alpha value is -2.56. The topological polar surface area (TPSA) is 77.1 Å². The van der Waals surface area contributed by atoms with Gasteiger partial charge in [0.1, 0.15) is 0 Å². The van der Waals surface area contributed by atoms with E-state index in [0.717, 1.165) is 11.3 Å². The van der Waals surface area contributed by atoms with Crippen LogP contribution in [0.3, 0.4) is 0 Å². The van der Waals surface area contributed by atoms with Gasteiger partial charge >= 0.3 is 0 Å². The number of carbonyl (C=O) groups excluding carboxylic acids is 1. The van der Waals surface area contributed by atoms with Gasteiger partial charge in [0, 0.05) is 48.9 Å². The zero-order valence-corrected chi connectivity index (χ0v) is 12.0. The zero-order valence-electron chi connectivity index (χ0n) is 12.0. The molecule has 21 heavy (non-hydrogen) atoms. The minimum atomic E-state index is -0.0242. The predicted molar refractivity (Wildman–Crippen MR) is 84.2 cm³/mol. The lowest BCUT2D eigenvalue weighted by atomic mass is 10.1. The normalized spacial score (nSPS) is 10.3. The average molecular weight is 285 g/mol. The molecule has 0 aliphatic heterocycles. The number of nitrogens with one attached hydrogen (secondary N) is 1. The summed E-state index contributed by atoms with van der Waals surface area (Å²) in [6.45, 7) is 2.61. The molecule has 1 amide bonds. The van der Waals surface area contributed by atoms with Crippen molar-refractivity contribution >= 4 is 17.3 Å². The lowest BCUT2D eigenvalue weighted by Gasteiger charge is -2.09. The summed E-state index contributed by atoms with van der Waals surface area (Å²) < 4.78 is 1.89. The summed E-state index contributed by atoms with van der Waals surface area (Å²) in [5.74, 6) is -0.0242. The van der Waals surface area contributed by atoms with Crippen LogP contribution in [0.2, 0.25) is 0 Å². The number of nitrogens with two attached hydrogens (primary N) is 1. The second kappa shape index (κ2) is 6.74. The first-order valence-corrected chi connectivity index (χ1v) is 6.87. The summed E-state index contributed by atoms with van der Waals surface area (Å²) >= 11 is 0. The van der Waals surface area contributed by atoms with Gasteiger partial charge in [-0.1, -0.05) is 0 Å². The molecule has 0 unspecified atom stereocenters. The maximum atomic E-state index is 11.9. The summed E-state index contributed by atoms with van der Waals surface area (Å²) in [6.07, 6.45) is 4.59. The Morgan fingerprint density at radius 1 is 1.24 bits per heavy atom. The molecular weight excluding hydrogens is 266 g/mol. The van der Waals surface area contributed by atoms with E-state index in [1.165, 1.54) is 12.1 Å².